The number of methoxy groups -OCH3 is 1. The van der Waals surface area contributed by atoms with Crippen LogP contribution in [0.4, 0.5) is 13.2 Å². The number of alkyl halides is 3. The van der Waals surface area contributed by atoms with Gasteiger partial charge in [0.25, 0.3) is 0 Å². The van der Waals surface area contributed by atoms with Crippen molar-refractivity contribution in [2.45, 2.75) is 30.8 Å². The minimum absolute atomic E-state index is 0.545. The highest BCUT2D eigenvalue weighted by molar-refractivity contribution is 7.98. The average molecular weight is 366 g/mol. The quantitative estimate of drug-likeness (QED) is 0.620. The lowest BCUT2D eigenvalue weighted by Gasteiger charge is -2.11. The Labute approximate surface area is 147 Å². The Balaban J connectivity index is 1.82. The Hall–Kier alpha value is -2.15. The first-order valence-corrected chi connectivity index (χ1v) is 8.60. The van der Waals surface area contributed by atoms with Gasteiger partial charge in [0.15, 0.2) is 0 Å². The predicted molar refractivity (Wildman–Crippen MR) is 93.1 cm³/mol. The summed E-state index contributed by atoms with van der Waals surface area (Å²) < 4.78 is 43.8. The SMILES string of the molecule is COc1c(C)cnc(CSc2cc3cc(C(F)(F)F)ccc3[nH]2)c1C. The van der Waals surface area contributed by atoms with Crippen LogP contribution in [0, 0.1) is 13.8 Å². The summed E-state index contributed by atoms with van der Waals surface area (Å²) in [5, 5.41) is 1.35. The molecule has 0 aliphatic heterocycles. The molecule has 0 saturated carbocycles. The molecule has 0 aliphatic carbocycles. The van der Waals surface area contributed by atoms with Crippen LogP contribution in [0.3, 0.4) is 0 Å². The molecule has 0 aliphatic rings. The van der Waals surface area contributed by atoms with Crippen molar-refractivity contribution in [1.29, 1.82) is 0 Å². The number of benzene rings is 1. The fourth-order valence-corrected chi connectivity index (χ4v) is 3.70. The molecule has 0 unspecified atom stereocenters. The van der Waals surface area contributed by atoms with E-state index in [2.05, 4.69) is 9.97 Å². The minimum Gasteiger partial charge on any atom is -0.496 e. The fourth-order valence-electron chi connectivity index (χ4n) is 2.72. The lowest BCUT2D eigenvalue weighted by atomic mass is 10.1. The molecule has 0 bridgehead atoms. The van der Waals surface area contributed by atoms with Crippen LogP contribution in [-0.2, 0) is 11.9 Å². The third-order valence-corrected chi connectivity index (χ3v) is 4.99. The summed E-state index contributed by atoms with van der Waals surface area (Å²) in [5.41, 5.74) is 2.88. The molecular formula is C18H17F3N2OS. The van der Waals surface area contributed by atoms with Crippen molar-refractivity contribution < 1.29 is 17.9 Å². The van der Waals surface area contributed by atoms with Crippen LogP contribution in [-0.4, -0.2) is 17.1 Å². The van der Waals surface area contributed by atoms with Gasteiger partial charge in [-0.2, -0.15) is 13.2 Å². The molecule has 0 amide bonds. The number of H-pyrrole nitrogens is 1. The lowest BCUT2D eigenvalue weighted by molar-refractivity contribution is -0.137. The van der Waals surface area contributed by atoms with E-state index in [1.165, 1.54) is 17.8 Å². The van der Waals surface area contributed by atoms with E-state index in [0.717, 1.165) is 39.7 Å². The number of pyridine rings is 1. The number of nitrogens with one attached hydrogen (secondary N) is 1. The molecule has 25 heavy (non-hydrogen) atoms. The number of fused-ring (bicyclic) bond motifs is 1. The maximum Gasteiger partial charge on any atom is 0.416 e. The summed E-state index contributed by atoms with van der Waals surface area (Å²) in [4.78, 5) is 7.58. The van der Waals surface area contributed by atoms with Crippen LogP contribution in [0.5, 0.6) is 5.75 Å². The third kappa shape index (κ3) is 3.61. The highest BCUT2D eigenvalue weighted by Gasteiger charge is 2.30. The number of halogens is 3. The zero-order valence-corrected chi connectivity index (χ0v) is 14.8. The second kappa shape index (κ2) is 6.63. The molecule has 3 aromatic rings. The number of ether oxygens (including phenoxy) is 1. The molecule has 0 radical (unpaired) electrons. The maximum absolute atomic E-state index is 12.8. The monoisotopic (exact) mass is 366 g/mol. The summed E-state index contributed by atoms with van der Waals surface area (Å²) in [6.45, 7) is 3.89. The summed E-state index contributed by atoms with van der Waals surface area (Å²) >= 11 is 1.50. The summed E-state index contributed by atoms with van der Waals surface area (Å²) in [6.07, 6.45) is -2.57. The Kier molecular flexibility index (Phi) is 4.69. The van der Waals surface area contributed by atoms with E-state index >= 15 is 0 Å². The molecule has 7 heteroatoms. The predicted octanol–water partition coefficient (Wildman–Crippen LogP) is 5.50. The zero-order valence-electron chi connectivity index (χ0n) is 14.0. The smallest absolute Gasteiger partial charge is 0.416 e. The Morgan fingerprint density at radius 3 is 2.64 bits per heavy atom. The first-order chi connectivity index (χ1) is 11.8. The number of nitrogens with zero attached hydrogens (tertiary/aromatic N) is 1. The van der Waals surface area contributed by atoms with Gasteiger partial charge >= 0.3 is 6.18 Å². The standard InChI is InChI=1S/C18H17F3N2OS/c1-10-8-22-15(11(2)17(10)24-3)9-25-16-7-12-6-13(18(19,20)21)4-5-14(12)23-16/h4-8,23H,9H2,1-3H3. The number of aromatic nitrogens is 2. The van der Waals surface area contributed by atoms with Gasteiger partial charge in [0.2, 0.25) is 0 Å². The van der Waals surface area contributed by atoms with Gasteiger partial charge in [-0.15, -0.1) is 11.8 Å². The molecule has 3 nitrogen and oxygen atoms in total. The number of aromatic amines is 1. The van der Waals surface area contributed by atoms with Gasteiger partial charge < -0.3 is 9.72 Å². The highest BCUT2D eigenvalue weighted by atomic mass is 32.2. The normalized spacial score (nSPS) is 11.9. The van der Waals surface area contributed by atoms with Crippen molar-refractivity contribution in [3.05, 3.63) is 52.8 Å². The van der Waals surface area contributed by atoms with Crippen molar-refractivity contribution in [2.75, 3.05) is 7.11 Å². The first-order valence-electron chi connectivity index (χ1n) is 7.61. The number of aryl methyl sites for hydroxylation is 1. The van der Waals surface area contributed by atoms with Gasteiger partial charge in [0, 0.05) is 34.0 Å². The Morgan fingerprint density at radius 2 is 1.96 bits per heavy atom. The summed E-state index contributed by atoms with van der Waals surface area (Å²) in [6, 6.07) is 5.44. The number of hydrogen-bond donors (Lipinski definition) is 1. The molecule has 0 spiro atoms. The van der Waals surface area contributed by atoms with Crippen molar-refractivity contribution in [3.8, 4) is 5.75 Å². The first kappa shape index (κ1) is 17.7. The third-order valence-electron chi connectivity index (χ3n) is 4.04. The molecule has 132 valence electrons. The second-order valence-electron chi connectivity index (χ2n) is 5.77. The van der Waals surface area contributed by atoms with Gasteiger partial charge in [0.05, 0.1) is 23.4 Å². The van der Waals surface area contributed by atoms with Crippen LogP contribution in [0.1, 0.15) is 22.4 Å². The molecule has 2 heterocycles. The van der Waals surface area contributed by atoms with Crippen LogP contribution >= 0.6 is 11.8 Å². The van der Waals surface area contributed by atoms with Gasteiger partial charge in [-0.25, -0.2) is 0 Å². The zero-order chi connectivity index (χ0) is 18.2. The van der Waals surface area contributed by atoms with Crippen molar-refractivity contribution in [3.63, 3.8) is 0 Å². The molecule has 3 rings (SSSR count). The number of rotatable bonds is 4. The van der Waals surface area contributed by atoms with Gasteiger partial charge in [-0.05, 0) is 38.1 Å². The van der Waals surface area contributed by atoms with Gasteiger partial charge in [-0.3, -0.25) is 4.98 Å². The maximum atomic E-state index is 12.8. The summed E-state index contributed by atoms with van der Waals surface area (Å²) in [7, 11) is 1.63. The van der Waals surface area contributed by atoms with E-state index in [4.69, 9.17) is 4.74 Å². The number of thioether (sulfide) groups is 1. The fraction of sp³-hybridized carbons (Fsp3) is 0.278. The average Bonchev–Trinajstić information content (AvgIpc) is 2.95. The molecule has 0 fully saturated rings. The molecule has 0 atom stereocenters. The van der Waals surface area contributed by atoms with Crippen molar-refractivity contribution >= 4 is 22.7 Å². The van der Waals surface area contributed by atoms with Crippen LogP contribution in [0.25, 0.3) is 10.9 Å². The van der Waals surface area contributed by atoms with Crippen LogP contribution in [0.2, 0.25) is 0 Å². The molecule has 2 aromatic heterocycles. The van der Waals surface area contributed by atoms with E-state index in [9.17, 15) is 13.2 Å². The van der Waals surface area contributed by atoms with Gasteiger partial charge in [0.1, 0.15) is 5.75 Å². The largest absolute Gasteiger partial charge is 0.496 e. The molecule has 0 saturated heterocycles. The summed E-state index contributed by atoms with van der Waals surface area (Å²) in [5.74, 6) is 1.42. The van der Waals surface area contributed by atoms with Crippen molar-refractivity contribution in [2.24, 2.45) is 0 Å². The Morgan fingerprint density at radius 1 is 1.20 bits per heavy atom. The van der Waals surface area contributed by atoms with Crippen LogP contribution < -0.4 is 4.74 Å². The topological polar surface area (TPSA) is 37.9 Å². The lowest BCUT2D eigenvalue weighted by Crippen LogP contribution is -2.03. The minimum atomic E-state index is -4.34. The van der Waals surface area contributed by atoms with E-state index in [1.807, 2.05) is 13.8 Å². The molecule has 1 aromatic carbocycles. The van der Waals surface area contributed by atoms with Crippen molar-refractivity contribution in [1.82, 2.24) is 9.97 Å². The van der Waals surface area contributed by atoms with E-state index in [-0.39, 0.29) is 0 Å². The van der Waals surface area contributed by atoms with E-state index < -0.39 is 11.7 Å². The second-order valence-corrected chi connectivity index (χ2v) is 6.79. The highest BCUT2D eigenvalue weighted by Crippen LogP contribution is 2.34. The Bertz CT molecular complexity index is 919. The van der Waals surface area contributed by atoms with E-state index in [1.54, 1.807) is 19.4 Å². The van der Waals surface area contributed by atoms with Gasteiger partial charge in [-0.1, -0.05) is 0 Å². The van der Waals surface area contributed by atoms with E-state index in [0.29, 0.717) is 16.7 Å². The number of hydrogen-bond acceptors (Lipinski definition) is 3. The van der Waals surface area contributed by atoms with Crippen LogP contribution in [0.15, 0.2) is 35.5 Å². The molecular weight excluding hydrogens is 349 g/mol. The molecule has 1 N–H and O–H groups in total.